The number of aliphatic hydroxyl groups is 1. The van der Waals surface area contributed by atoms with Gasteiger partial charge in [0.05, 0.1) is 23.4 Å². The fourth-order valence-electron chi connectivity index (χ4n) is 4.80. The van der Waals surface area contributed by atoms with Crippen LogP contribution >= 0.6 is 36.4 Å². The van der Waals surface area contributed by atoms with E-state index in [1.807, 2.05) is 12.1 Å². The maximum absolute atomic E-state index is 12.6. The molecule has 0 bridgehead atoms. The number of carbonyl (C=O) groups excluding carboxylic acids is 1. The zero-order valence-electron chi connectivity index (χ0n) is 20.1. The molecule has 2 aliphatic rings. The third-order valence-corrected chi connectivity index (χ3v) is 7.38. The number of benzene rings is 2. The highest BCUT2D eigenvalue weighted by Crippen LogP contribution is 2.41. The van der Waals surface area contributed by atoms with Crippen LogP contribution in [0.15, 0.2) is 30.3 Å². The SMILES string of the molecule is CS(=O)(=O)Oc1cc(-c2cc3cc(CN4CCN(CCO)CC4)ccc3[nH]2)c2c(c1Cl)CNC2=O.Cl.Cl. The Morgan fingerprint density at radius 2 is 1.78 bits per heavy atom. The van der Waals surface area contributed by atoms with Gasteiger partial charge in [0.15, 0.2) is 5.75 Å². The molecule has 0 aliphatic carbocycles. The van der Waals surface area contributed by atoms with Crippen molar-refractivity contribution in [3.63, 3.8) is 0 Å². The highest BCUT2D eigenvalue weighted by atomic mass is 35.5. The number of fused-ring (bicyclic) bond motifs is 2. The lowest BCUT2D eigenvalue weighted by molar-refractivity contribution is 0.0966. The number of β-amino-alcohol motifs (C(OH)–C–C–N with tert-alkyl or cyclic N) is 1. The Kier molecular flexibility index (Phi) is 9.39. The fourth-order valence-corrected chi connectivity index (χ4v) is 5.56. The van der Waals surface area contributed by atoms with Crippen LogP contribution in [0.5, 0.6) is 5.75 Å². The summed E-state index contributed by atoms with van der Waals surface area (Å²) >= 11 is 6.39. The second-order valence-corrected chi connectivity index (χ2v) is 11.0. The van der Waals surface area contributed by atoms with Crippen LogP contribution in [-0.2, 0) is 23.2 Å². The number of carbonyl (C=O) groups is 1. The normalized spacial score (nSPS) is 16.1. The second kappa shape index (κ2) is 11.8. The van der Waals surface area contributed by atoms with Crippen LogP contribution in [0.2, 0.25) is 5.02 Å². The van der Waals surface area contributed by atoms with Gasteiger partial charge < -0.3 is 19.6 Å². The third kappa shape index (κ3) is 6.34. The van der Waals surface area contributed by atoms with Crippen molar-refractivity contribution in [3.8, 4) is 17.0 Å². The van der Waals surface area contributed by atoms with Crippen LogP contribution in [0.3, 0.4) is 0 Å². The van der Waals surface area contributed by atoms with Crippen molar-refractivity contribution < 1.29 is 22.5 Å². The van der Waals surface area contributed by atoms with Crippen molar-refractivity contribution in [2.75, 3.05) is 45.6 Å². The van der Waals surface area contributed by atoms with Gasteiger partial charge in [-0.2, -0.15) is 8.42 Å². The molecule has 1 aromatic heterocycles. The summed E-state index contributed by atoms with van der Waals surface area (Å²) in [5.74, 6) is -0.262. The Morgan fingerprint density at radius 1 is 1.08 bits per heavy atom. The van der Waals surface area contributed by atoms with E-state index in [-0.39, 0.29) is 54.6 Å². The lowest BCUT2D eigenvalue weighted by Crippen LogP contribution is -2.46. The Bertz CT molecular complexity index is 1410. The number of aromatic amines is 1. The number of hydrogen-bond acceptors (Lipinski definition) is 7. The first-order chi connectivity index (χ1) is 16.7. The van der Waals surface area contributed by atoms with E-state index in [1.165, 1.54) is 11.6 Å². The van der Waals surface area contributed by atoms with E-state index >= 15 is 0 Å². The molecule has 0 saturated carbocycles. The fraction of sp³-hybridized carbons (Fsp3) is 0.375. The number of piperazine rings is 1. The van der Waals surface area contributed by atoms with E-state index in [0.29, 0.717) is 22.4 Å². The summed E-state index contributed by atoms with van der Waals surface area (Å²) in [7, 11) is -3.80. The van der Waals surface area contributed by atoms with Gasteiger partial charge in [0, 0.05) is 73.5 Å². The van der Waals surface area contributed by atoms with Crippen molar-refractivity contribution in [2.45, 2.75) is 13.1 Å². The zero-order chi connectivity index (χ0) is 24.7. The summed E-state index contributed by atoms with van der Waals surface area (Å²) in [6, 6.07) is 9.68. The topological polar surface area (TPSA) is 115 Å². The van der Waals surface area contributed by atoms with Crippen LogP contribution in [0.4, 0.5) is 0 Å². The number of aliphatic hydroxyl groups excluding tert-OH is 1. The highest BCUT2D eigenvalue weighted by molar-refractivity contribution is 7.86. The molecular formula is C24H29Cl3N4O5S. The second-order valence-electron chi connectivity index (χ2n) is 9.01. The van der Waals surface area contributed by atoms with E-state index in [9.17, 15) is 13.2 Å². The Labute approximate surface area is 233 Å². The predicted octanol–water partition coefficient (Wildman–Crippen LogP) is 3.02. The minimum Gasteiger partial charge on any atom is -0.395 e. The molecule has 13 heteroatoms. The molecule has 3 aromatic rings. The predicted molar refractivity (Wildman–Crippen MR) is 149 cm³/mol. The largest absolute Gasteiger partial charge is 0.395 e. The van der Waals surface area contributed by atoms with Gasteiger partial charge in [-0.25, -0.2) is 0 Å². The van der Waals surface area contributed by atoms with Gasteiger partial charge in [-0.3, -0.25) is 14.6 Å². The quantitative estimate of drug-likeness (QED) is 0.362. The van der Waals surface area contributed by atoms with Gasteiger partial charge in [-0.15, -0.1) is 24.8 Å². The maximum Gasteiger partial charge on any atom is 0.306 e. The molecule has 3 N–H and O–H groups in total. The number of amides is 1. The number of hydrogen-bond donors (Lipinski definition) is 3. The standard InChI is InChI=1S/C24H27ClN4O5S.2ClH/c1-35(32,33)34-21-12-17(22-18(23(21)25)13-26-24(22)31)20-11-16-10-15(2-3-19(16)27-20)14-29-6-4-28(5-7-29)8-9-30;;/h2-3,10-12,27,30H,4-9,13-14H2,1H3,(H,26,31);2*1H. The Morgan fingerprint density at radius 3 is 2.46 bits per heavy atom. The van der Waals surface area contributed by atoms with E-state index in [2.05, 4.69) is 32.2 Å². The molecule has 2 aliphatic heterocycles. The molecule has 1 fully saturated rings. The summed E-state index contributed by atoms with van der Waals surface area (Å²) in [4.78, 5) is 20.6. The molecule has 37 heavy (non-hydrogen) atoms. The maximum atomic E-state index is 12.6. The molecule has 9 nitrogen and oxygen atoms in total. The van der Waals surface area contributed by atoms with E-state index < -0.39 is 10.1 Å². The average molecular weight is 592 g/mol. The monoisotopic (exact) mass is 590 g/mol. The van der Waals surface area contributed by atoms with Crippen LogP contribution in [0, 0.1) is 0 Å². The molecule has 2 aromatic carbocycles. The molecule has 5 rings (SSSR count). The number of rotatable bonds is 7. The van der Waals surface area contributed by atoms with E-state index in [4.69, 9.17) is 20.9 Å². The summed E-state index contributed by atoms with van der Waals surface area (Å²) in [5.41, 5.74) is 4.24. The van der Waals surface area contributed by atoms with Crippen molar-refractivity contribution in [1.29, 1.82) is 0 Å². The molecule has 1 saturated heterocycles. The van der Waals surface area contributed by atoms with Gasteiger partial charge in [0.25, 0.3) is 5.91 Å². The lowest BCUT2D eigenvalue weighted by atomic mass is 9.99. The third-order valence-electron chi connectivity index (χ3n) is 6.48. The molecule has 0 radical (unpaired) electrons. The molecular weight excluding hydrogens is 563 g/mol. The summed E-state index contributed by atoms with van der Waals surface area (Å²) < 4.78 is 28.7. The zero-order valence-corrected chi connectivity index (χ0v) is 23.3. The minimum absolute atomic E-state index is 0. The van der Waals surface area contributed by atoms with E-state index in [1.54, 1.807) is 0 Å². The summed E-state index contributed by atoms with van der Waals surface area (Å²) in [6.07, 6.45) is 0.955. The number of nitrogens with zero attached hydrogens (tertiary/aromatic N) is 2. The van der Waals surface area contributed by atoms with Crippen molar-refractivity contribution in [3.05, 3.63) is 52.0 Å². The molecule has 202 valence electrons. The first kappa shape index (κ1) is 29.5. The van der Waals surface area contributed by atoms with Gasteiger partial charge in [-0.05, 0) is 29.8 Å². The molecule has 0 spiro atoms. The van der Waals surface area contributed by atoms with Crippen LogP contribution in [0.25, 0.3) is 22.2 Å². The first-order valence-corrected chi connectivity index (χ1v) is 13.6. The van der Waals surface area contributed by atoms with Gasteiger partial charge in [-0.1, -0.05) is 17.7 Å². The van der Waals surface area contributed by atoms with Crippen LogP contribution < -0.4 is 9.50 Å². The first-order valence-electron chi connectivity index (χ1n) is 11.4. The molecule has 1 amide bonds. The van der Waals surface area contributed by atoms with E-state index in [0.717, 1.165) is 56.4 Å². The highest BCUT2D eigenvalue weighted by Gasteiger charge is 2.30. The molecule has 0 unspecified atom stereocenters. The van der Waals surface area contributed by atoms with Crippen LogP contribution in [0.1, 0.15) is 21.5 Å². The lowest BCUT2D eigenvalue weighted by Gasteiger charge is -2.34. The minimum atomic E-state index is -3.80. The van der Waals surface area contributed by atoms with Crippen molar-refractivity contribution in [2.24, 2.45) is 0 Å². The van der Waals surface area contributed by atoms with Gasteiger partial charge >= 0.3 is 10.1 Å². The number of halogens is 3. The molecule has 0 atom stereocenters. The number of aromatic nitrogens is 1. The molecule has 3 heterocycles. The Balaban J connectivity index is 0.00000190. The summed E-state index contributed by atoms with van der Waals surface area (Å²) in [5, 5.41) is 13.0. The average Bonchev–Trinajstić information content (AvgIpc) is 3.40. The number of nitrogens with one attached hydrogen (secondary N) is 2. The smallest absolute Gasteiger partial charge is 0.306 e. The van der Waals surface area contributed by atoms with Crippen molar-refractivity contribution in [1.82, 2.24) is 20.1 Å². The van der Waals surface area contributed by atoms with Crippen LogP contribution in [-0.4, -0.2) is 79.8 Å². The number of H-pyrrole nitrogens is 1. The van der Waals surface area contributed by atoms with Crippen molar-refractivity contribution >= 4 is 63.3 Å². The van der Waals surface area contributed by atoms with Gasteiger partial charge in [0.2, 0.25) is 0 Å². The van der Waals surface area contributed by atoms with Gasteiger partial charge in [0.1, 0.15) is 0 Å². The Hall–Kier alpha value is -2.05. The summed E-state index contributed by atoms with van der Waals surface area (Å²) in [6.45, 7) is 5.72.